The number of halogens is 2. The number of hydrogen-bond donors (Lipinski definition) is 0. The largest absolute Gasteiger partial charge is 0.378 e. The Hall–Kier alpha value is -3.14. The van der Waals surface area contributed by atoms with Gasteiger partial charge in [0.1, 0.15) is 16.5 Å². The zero-order valence-electron chi connectivity index (χ0n) is 17.7. The third kappa shape index (κ3) is 5.16. The van der Waals surface area contributed by atoms with Gasteiger partial charge in [-0.2, -0.15) is 8.42 Å². The van der Waals surface area contributed by atoms with Gasteiger partial charge in [0.15, 0.2) is 0 Å². The molecule has 6 nitrogen and oxygen atoms in total. The first-order valence-electron chi connectivity index (χ1n) is 9.93. The zero-order valence-corrected chi connectivity index (χ0v) is 20.1. The highest BCUT2D eigenvalue weighted by Gasteiger charge is 2.35. The Morgan fingerprint density at radius 3 is 2.47 bits per heavy atom. The molecule has 0 aromatic heterocycles. The van der Waals surface area contributed by atoms with E-state index in [1.807, 2.05) is 6.92 Å². The van der Waals surface area contributed by atoms with Crippen molar-refractivity contribution in [3.63, 3.8) is 0 Å². The Labute approximate surface area is 205 Å². The number of benzene rings is 3. The van der Waals surface area contributed by atoms with Gasteiger partial charge in [-0.25, -0.2) is 4.39 Å². The first-order chi connectivity index (χ1) is 16.1. The van der Waals surface area contributed by atoms with E-state index in [2.05, 4.69) is 0 Å². The molecular weight excluding hydrogens is 501 g/mol. The maximum absolute atomic E-state index is 13.3. The lowest BCUT2D eigenvalue weighted by molar-refractivity contribution is -0.123. The summed E-state index contributed by atoms with van der Waals surface area (Å²) in [6.45, 7) is 1.71. The molecule has 3 aromatic rings. The lowest BCUT2D eigenvalue weighted by atomic mass is 10.1. The maximum atomic E-state index is 13.3. The fourth-order valence-corrected chi connectivity index (χ4v) is 5.15. The van der Waals surface area contributed by atoms with Gasteiger partial charge in [0.05, 0.1) is 11.4 Å². The van der Waals surface area contributed by atoms with Gasteiger partial charge in [-0.1, -0.05) is 53.6 Å². The van der Waals surface area contributed by atoms with E-state index < -0.39 is 27.1 Å². The highest BCUT2D eigenvalue weighted by molar-refractivity contribution is 8.18. The molecule has 174 valence electrons. The first kappa shape index (κ1) is 24.0. The Morgan fingerprint density at radius 1 is 1.06 bits per heavy atom. The number of hydrogen-bond acceptors (Lipinski definition) is 6. The molecule has 3 aromatic carbocycles. The minimum absolute atomic E-state index is 0.00981. The number of thioether (sulfide) groups is 1. The van der Waals surface area contributed by atoms with Crippen molar-refractivity contribution in [2.24, 2.45) is 0 Å². The van der Waals surface area contributed by atoms with Crippen molar-refractivity contribution in [2.75, 3.05) is 0 Å². The van der Waals surface area contributed by atoms with E-state index in [-0.39, 0.29) is 27.1 Å². The molecule has 0 unspecified atom stereocenters. The minimum atomic E-state index is -4.11. The molecular formula is C24H17ClFNO5S2. The van der Waals surface area contributed by atoms with Gasteiger partial charge < -0.3 is 4.18 Å². The van der Waals surface area contributed by atoms with Crippen LogP contribution in [0, 0.1) is 12.7 Å². The molecule has 2 amide bonds. The van der Waals surface area contributed by atoms with Gasteiger partial charge in [-0.15, -0.1) is 0 Å². The number of imide groups is 1. The summed E-state index contributed by atoms with van der Waals surface area (Å²) in [4.78, 5) is 26.4. The molecule has 0 N–H and O–H groups in total. The summed E-state index contributed by atoms with van der Waals surface area (Å²) in [5, 5.41) is -0.426. The second-order valence-electron chi connectivity index (χ2n) is 7.39. The normalized spacial score (nSPS) is 15.3. The predicted molar refractivity (Wildman–Crippen MR) is 128 cm³/mol. The molecule has 0 spiro atoms. The Morgan fingerprint density at radius 2 is 1.76 bits per heavy atom. The number of carbonyl (C=O) groups is 2. The molecule has 1 fully saturated rings. The molecule has 1 aliphatic rings. The van der Waals surface area contributed by atoms with Gasteiger partial charge in [-0.05, 0) is 60.7 Å². The summed E-state index contributed by atoms with van der Waals surface area (Å²) in [5.41, 5.74) is 1.63. The lowest BCUT2D eigenvalue weighted by Gasteiger charge is -2.13. The molecule has 0 bridgehead atoms. The van der Waals surface area contributed by atoms with Crippen molar-refractivity contribution in [3.8, 4) is 5.75 Å². The van der Waals surface area contributed by atoms with Crippen molar-refractivity contribution in [2.45, 2.75) is 18.4 Å². The van der Waals surface area contributed by atoms with Crippen LogP contribution in [0.1, 0.15) is 16.7 Å². The third-order valence-corrected chi connectivity index (χ3v) is 7.44. The molecule has 1 aliphatic heterocycles. The highest BCUT2D eigenvalue weighted by Crippen LogP contribution is 2.36. The Bertz CT molecular complexity index is 1420. The summed E-state index contributed by atoms with van der Waals surface area (Å²) < 4.78 is 44.1. The molecule has 10 heteroatoms. The summed E-state index contributed by atoms with van der Waals surface area (Å²) in [5.74, 6) is -1.09. The van der Waals surface area contributed by atoms with Crippen molar-refractivity contribution < 1.29 is 26.6 Å². The van der Waals surface area contributed by atoms with Crippen LogP contribution in [0.25, 0.3) is 6.08 Å². The maximum Gasteiger partial charge on any atom is 0.339 e. The molecule has 1 heterocycles. The molecule has 1 saturated heterocycles. The van der Waals surface area contributed by atoms with E-state index in [4.69, 9.17) is 15.8 Å². The number of amides is 2. The van der Waals surface area contributed by atoms with E-state index in [1.54, 1.807) is 30.3 Å². The first-order valence-corrected chi connectivity index (χ1v) is 12.5. The molecule has 0 saturated carbocycles. The number of para-hydroxylation sites is 1. The highest BCUT2D eigenvalue weighted by atomic mass is 35.5. The summed E-state index contributed by atoms with van der Waals surface area (Å²) in [6, 6.07) is 16.2. The fraction of sp³-hybridized carbons (Fsp3) is 0.0833. The fourth-order valence-electron chi connectivity index (χ4n) is 3.14. The number of rotatable bonds is 6. The molecule has 34 heavy (non-hydrogen) atoms. The van der Waals surface area contributed by atoms with Crippen LogP contribution in [0.4, 0.5) is 9.18 Å². The van der Waals surface area contributed by atoms with E-state index in [0.29, 0.717) is 22.9 Å². The topological polar surface area (TPSA) is 80.8 Å². The van der Waals surface area contributed by atoms with Crippen molar-refractivity contribution >= 4 is 50.7 Å². The van der Waals surface area contributed by atoms with Gasteiger partial charge in [-0.3, -0.25) is 14.5 Å². The van der Waals surface area contributed by atoms with Crippen molar-refractivity contribution in [1.29, 1.82) is 0 Å². The van der Waals surface area contributed by atoms with Gasteiger partial charge >= 0.3 is 10.1 Å². The van der Waals surface area contributed by atoms with Gasteiger partial charge in [0.2, 0.25) is 0 Å². The second-order valence-corrected chi connectivity index (χ2v) is 10.3. The molecule has 4 rings (SSSR count). The van der Waals surface area contributed by atoms with Crippen LogP contribution in [-0.4, -0.2) is 24.5 Å². The van der Waals surface area contributed by atoms with E-state index in [9.17, 15) is 22.4 Å². The average Bonchev–Trinajstić information content (AvgIpc) is 3.04. The van der Waals surface area contributed by atoms with Crippen LogP contribution >= 0.6 is 23.4 Å². The average molecular weight is 518 g/mol. The third-order valence-electron chi connectivity index (χ3n) is 4.93. The molecule has 0 atom stereocenters. The Balaban J connectivity index is 1.59. The minimum Gasteiger partial charge on any atom is -0.378 e. The van der Waals surface area contributed by atoms with Crippen LogP contribution in [0.5, 0.6) is 5.75 Å². The summed E-state index contributed by atoms with van der Waals surface area (Å²) >= 11 is 6.73. The summed E-state index contributed by atoms with van der Waals surface area (Å²) in [6.07, 6.45) is 1.40. The van der Waals surface area contributed by atoms with Crippen LogP contribution < -0.4 is 4.18 Å². The quantitative estimate of drug-likeness (QED) is 0.304. The smallest absolute Gasteiger partial charge is 0.339 e. The van der Waals surface area contributed by atoms with Crippen molar-refractivity contribution in [1.82, 2.24) is 4.90 Å². The monoisotopic (exact) mass is 517 g/mol. The van der Waals surface area contributed by atoms with Gasteiger partial charge in [0, 0.05) is 10.6 Å². The van der Waals surface area contributed by atoms with Gasteiger partial charge in [0.25, 0.3) is 11.1 Å². The van der Waals surface area contributed by atoms with Crippen molar-refractivity contribution in [3.05, 3.63) is 99.2 Å². The van der Waals surface area contributed by atoms with Crippen LogP contribution in [0.2, 0.25) is 5.02 Å². The van der Waals surface area contributed by atoms with E-state index in [0.717, 1.165) is 16.5 Å². The number of aryl methyl sites for hydroxylation is 1. The number of nitrogens with zero attached hydrogens (tertiary/aromatic N) is 1. The van der Waals surface area contributed by atoms with Crippen LogP contribution in [-0.2, 0) is 21.5 Å². The second kappa shape index (κ2) is 9.61. The summed E-state index contributed by atoms with van der Waals surface area (Å²) in [7, 11) is -4.11. The molecule has 0 radical (unpaired) electrons. The predicted octanol–water partition coefficient (Wildman–Crippen LogP) is 5.79. The van der Waals surface area contributed by atoms with Crippen LogP contribution in [0.15, 0.2) is 76.5 Å². The Kier molecular flexibility index (Phi) is 6.79. The SMILES string of the molecule is Cc1ccc(S(=O)(=O)Oc2ccccc2/C=C2\SC(=O)N(Cc3ccc(F)cc3Cl)C2=O)cc1. The lowest BCUT2D eigenvalue weighted by Crippen LogP contribution is -2.27. The van der Waals surface area contributed by atoms with Crippen LogP contribution in [0.3, 0.4) is 0 Å². The van der Waals surface area contributed by atoms with E-state index >= 15 is 0 Å². The number of carbonyl (C=O) groups excluding carboxylic acids is 2. The van der Waals surface area contributed by atoms with E-state index in [1.165, 1.54) is 36.4 Å². The zero-order chi connectivity index (χ0) is 24.5. The molecule has 0 aliphatic carbocycles. The standard InChI is InChI=1S/C24H17ClFNO5S2/c1-15-6-10-19(11-7-15)34(30,31)32-21-5-3-2-4-16(21)12-22-23(28)27(24(29)33-22)14-17-8-9-18(26)13-20(17)25/h2-13H,14H2,1H3/b22-12-.